The van der Waals surface area contributed by atoms with Gasteiger partial charge in [0.25, 0.3) is 0 Å². The molecule has 0 aromatic carbocycles. The standard InChI is InChI=1S/C20H40N10O6S/c1-37-9-6-11(21)15(32)28-12(4-2-7-26-19(22)23)16(33)30-14(10-31)17(34)29-13(18(35)36)5-3-8-27-20(24)25/h11-14,31H,2-10,21H2,1H3,(H,28,32)(H,29,34)(H,30,33)(H,35,36)(H4,22,23,26)(H4,24,25,27). The number of rotatable bonds is 19. The Kier molecular flexibility index (Phi) is 17.2. The van der Waals surface area contributed by atoms with Crippen LogP contribution in [0.15, 0.2) is 9.98 Å². The minimum absolute atomic E-state index is 0.00135. The van der Waals surface area contributed by atoms with Gasteiger partial charge in [-0.3, -0.25) is 24.4 Å². The summed E-state index contributed by atoms with van der Waals surface area (Å²) in [6.45, 7) is -0.479. The Bertz CT molecular complexity index is 804. The predicted octanol–water partition coefficient (Wildman–Crippen LogP) is -4.29. The van der Waals surface area contributed by atoms with Crippen molar-refractivity contribution in [2.24, 2.45) is 38.7 Å². The van der Waals surface area contributed by atoms with Gasteiger partial charge in [-0.05, 0) is 44.1 Å². The first-order valence-electron chi connectivity index (χ1n) is 11.5. The van der Waals surface area contributed by atoms with Gasteiger partial charge in [-0.1, -0.05) is 0 Å². The van der Waals surface area contributed by atoms with Gasteiger partial charge in [0, 0.05) is 13.1 Å². The molecule has 0 heterocycles. The molecule has 0 saturated carbocycles. The third-order valence-electron chi connectivity index (χ3n) is 4.92. The van der Waals surface area contributed by atoms with Crippen LogP contribution in [0.4, 0.5) is 0 Å². The van der Waals surface area contributed by atoms with Crippen molar-refractivity contribution in [3.05, 3.63) is 0 Å². The Morgan fingerprint density at radius 2 is 1.24 bits per heavy atom. The lowest BCUT2D eigenvalue weighted by Gasteiger charge is -2.24. The summed E-state index contributed by atoms with van der Waals surface area (Å²) in [5.41, 5.74) is 26.9. The lowest BCUT2D eigenvalue weighted by atomic mass is 10.1. The van der Waals surface area contributed by atoms with E-state index in [1.54, 1.807) is 0 Å². The number of hydrogen-bond donors (Lipinski definition) is 10. The highest BCUT2D eigenvalue weighted by atomic mass is 32.2. The van der Waals surface area contributed by atoms with Gasteiger partial charge in [-0.25, -0.2) is 4.79 Å². The fourth-order valence-corrected chi connectivity index (χ4v) is 3.42. The Labute approximate surface area is 219 Å². The van der Waals surface area contributed by atoms with Crippen molar-refractivity contribution >= 4 is 47.4 Å². The molecule has 37 heavy (non-hydrogen) atoms. The molecule has 0 bridgehead atoms. The fourth-order valence-electron chi connectivity index (χ4n) is 2.93. The van der Waals surface area contributed by atoms with Crippen LogP contribution in [0.3, 0.4) is 0 Å². The van der Waals surface area contributed by atoms with Crippen LogP contribution >= 0.6 is 11.8 Å². The molecule has 0 saturated heterocycles. The number of nitrogens with zero attached hydrogens (tertiary/aromatic N) is 2. The van der Waals surface area contributed by atoms with Gasteiger partial charge < -0.3 is 54.8 Å². The zero-order valence-electron chi connectivity index (χ0n) is 20.9. The van der Waals surface area contributed by atoms with Crippen LogP contribution in [0.1, 0.15) is 32.1 Å². The fraction of sp³-hybridized carbons (Fsp3) is 0.700. The van der Waals surface area contributed by atoms with Crippen LogP contribution < -0.4 is 44.6 Å². The summed E-state index contributed by atoms with van der Waals surface area (Å²) in [6.07, 6.45) is 2.92. The average molecular weight is 549 g/mol. The van der Waals surface area contributed by atoms with Gasteiger partial charge in [-0.2, -0.15) is 11.8 Å². The van der Waals surface area contributed by atoms with E-state index in [1.807, 2.05) is 6.26 Å². The quantitative estimate of drug-likeness (QED) is 0.0416. The largest absolute Gasteiger partial charge is 0.480 e. The molecule has 0 fully saturated rings. The van der Waals surface area contributed by atoms with Crippen molar-refractivity contribution in [2.75, 3.05) is 31.7 Å². The number of carbonyl (C=O) groups is 4. The normalized spacial score (nSPS) is 13.8. The minimum atomic E-state index is -1.48. The second-order valence-corrected chi connectivity index (χ2v) is 8.98. The molecule has 0 radical (unpaired) electrons. The topological polar surface area (TPSA) is 300 Å². The molecular weight excluding hydrogens is 508 g/mol. The summed E-state index contributed by atoms with van der Waals surface area (Å²) in [4.78, 5) is 57.1. The Hall–Kier alpha value is -3.31. The molecular formula is C20H40N10O6S. The highest BCUT2D eigenvalue weighted by Gasteiger charge is 2.29. The van der Waals surface area contributed by atoms with E-state index >= 15 is 0 Å². The molecule has 0 aliphatic heterocycles. The van der Waals surface area contributed by atoms with Crippen molar-refractivity contribution < 1.29 is 29.4 Å². The van der Waals surface area contributed by atoms with Crippen LogP contribution in [0.25, 0.3) is 0 Å². The maximum absolute atomic E-state index is 12.9. The first-order chi connectivity index (χ1) is 17.4. The number of aliphatic hydroxyl groups is 1. The van der Waals surface area contributed by atoms with Crippen LogP contribution in [-0.4, -0.2) is 102 Å². The molecule has 0 rings (SSSR count). The van der Waals surface area contributed by atoms with E-state index in [0.717, 1.165) is 0 Å². The highest BCUT2D eigenvalue weighted by Crippen LogP contribution is 2.04. The van der Waals surface area contributed by atoms with Gasteiger partial charge in [-0.15, -0.1) is 0 Å². The van der Waals surface area contributed by atoms with E-state index in [2.05, 4.69) is 25.9 Å². The van der Waals surface area contributed by atoms with E-state index in [-0.39, 0.29) is 44.3 Å². The van der Waals surface area contributed by atoms with Crippen molar-refractivity contribution in [3.63, 3.8) is 0 Å². The van der Waals surface area contributed by atoms with Crippen LogP contribution in [-0.2, 0) is 19.2 Å². The van der Waals surface area contributed by atoms with Gasteiger partial charge >= 0.3 is 5.97 Å². The van der Waals surface area contributed by atoms with Gasteiger partial charge in [0.1, 0.15) is 18.1 Å². The van der Waals surface area contributed by atoms with E-state index in [1.165, 1.54) is 11.8 Å². The van der Waals surface area contributed by atoms with Gasteiger partial charge in [0.05, 0.1) is 12.6 Å². The van der Waals surface area contributed by atoms with Gasteiger partial charge in [0.2, 0.25) is 17.7 Å². The monoisotopic (exact) mass is 548 g/mol. The maximum atomic E-state index is 12.9. The van der Waals surface area contributed by atoms with Crippen molar-refractivity contribution in [2.45, 2.75) is 56.3 Å². The van der Waals surface area contributed by atoms with Gasteiger partial charge in [0.15, 0.2) is 11.9 Å². The number of amides is 3. The number of aliphatic hydroxyl groups excluding tert-OH is 1. The van der Waals surface area contributed by atoms with Crippen molar-refractivity contribution in [1.82, 2.24) is 16.0 Å². The van der Waals surface area contributed by atoms with E-state index in [0.29, 0.717) is 18.6 Å². The molecule has 4 atom stereocenters. The summed E-state index contributed by atoms with van der Waals surface area (Å²) in [7, 11) is 0. The molecule has 0 aromatic heterocycles. The molecule has 3 amide bonds. The van der Waals surface area contributed by atoms with Crippen LogP contribution in [0.5, 0.6) is 0 Å². The number of thioether (sulfide) groups is 1. The number of nitrogens with one attached hydrogen (secondary N) is 3. The Balaban J connectivity index is 5.29. The molecule has 17 heteroatoms. The lowest BCUT2D eigenvalue weighted by Crippen LogP contribution is -2.58. The van der Waals surface area contributed by atoms with E-state index < -0.39 is 54.5 Å². The highest BCUT2D eigenvalue weighted by molar-refractivity contribution is 7.98. The first kappa shape index (κ1) is 33.7. The van der Waals surface area contributed by atoms with Crippen LogP contribution in [0, 0.1) is 0 Å². The average Bonchev–Trinajstić information content (AvgIpc) is 2.83. The summed E-state index contributed by atoms with van der Waals surface area (Å²) < 4.78 is 0. The molecule has 212 valence electrons. The summed E-state index contributed by atoms with van der Waals surface area (Å²) in [5, 5.41) is 26.2. The molecule has 15 N–H and O–H groups in total. The summed E-state index contributed by atoms with van der Waals surface area (Å²) in [6, 6.07) is -4.75. The Morgan fingerprint density at radius 3 is 1.70 bits per heavy atom. The molecule has 16 nitrogen and oxygen atoms in total. The minimum Gasteiger partial charge on any atom is -0.480 e. The predicted molar refractivity (Wildman–Crippen MR) is 141 cm³/mol. The number of hydrogen-bond acceptors (Lipinski definition) is 9. The summed E-state index contributed by atoms with van der Waals surface area (Å²) in [5.74, 6) is -3.22. The number of carbonyl (C=O) groups excluding carboxylic acids is 3. The van der Waals surface area contributed by atoms with Crippen molar-refractivity contribution in [1.29, 1.82) is 0 Å². The molecule has 4 unspecified atom stereocenters. The zero-order valence-corrected chi connectivity index (χ0v) is 21.7. The lowest BCUT2D eigenvalue weighted by molar-refractivity contribution is -0.142. The molecule has 0 aromatic rings. The number of carboxylic acids is 1. The maximum Gasteiger partial charge on any atom is 0.326 e. The van der Waals surface area contributed by atoms with Crippen molar-refractivity contribution in [3.8, 4) is 0 Å². The molecule has 0 aliphatic rings. The second kappa shape index (κ2) is 18.9. The third kappa shape index (κ3) is 15.4. The first-order valence-corrected chi connectivity index (χ1v) is 12.9. The van der Waals surface area contributed by atoms with Crippen LogP contribution in [0.2, 0.25) is 0 Å². The number of aliphatic imine (C=N–C) groups is 2. The second-order valence-electron chi connectivity index (χ2n) is 7.99. The summed E-state index contributed by atoms with van der Waals surface area (Å²) >= 11 is 1.51. The molecule has 0 aliphatic carbocycles. The number of aliphatic carboxylic acids is 1. The van der Waals surface area contributed by atoms with E-state index in [4.69, 9.17) is 28.7 Å². The number of guanidine groups is 2. The SMILES string of the molecule is CSCCC(N)C(=O)NC(CCCN=C(N)N)C(=O)NC(CO)C(=O)NC(CCCN=C(N)N)C(=O)O. The Morgan fingerprint density at radius 1 is 0.784 bits per heavy atom. The number of nitrogens with two attached hydrogens (primary N) is 5. The molecule has 0 spiro atoms. The number of carboxylic acid groups (broad SMARTS) is 1. The van der Waals surface area contributed by atoms with E-state index in [9.17, 15) is 29.4 Å². The zero-order chi connectivity index (χ0) is 28.4. The smallest absolute Gasteiger partial charge is 0.326 e. The third-order valence-corrected chi connectivity index (χ3v) is 5.57.